The van der Waals surface area contributed by atoms with Crippen LogP contribution in [-0.4, -0.2) is 43.7 Å². The predicted molar refractivity (Wildman–Crippen MR) is 115 cm³/mol. The number of amides is 1. The van der Waals surface area contributed by atoms with Gasteiger partial charge in [-0.3, -0.25) is 14.1 Å². The van der Waals surface area contributed by atoms with E-state index in [-0.39, 0.29) is 11.9 Å². The van der Waals surface area contributed by atoms with Crippen LogP contribution in [-0.2, 0) is 21.2 Å². The molecule has 0 bridgehead atoms. The molecule has 2 atom stereocenters. The van der Waals surface area contributed by atoms with E-state index in [2.05, 4.69) is 10.3 Å². The van der Waals surface area contributed by atoms with Gasteiger partial charge in [-0.25, -0.2) is 8.42 Å². The number of anilines is 2. The van der Waals surface area contributed by atoms with Crippen molar-refractivity contribution in [3.05, 3.63) is 41.3 Å². The number of carbonyl (C=O) groups is 1. The van der Waals surface area contributed by atoms with Crippen molar-refractivity contribution in [3.8, 4) is 0 Å². The van der Waals surface area contributed by atoms with E-state index in [9.17, 15) is 13.2 Å². The molecular weight excluding hydrogens is 416 g/mol. The molecule has 0 saturated carbocycles. The van der Waals surface area contributed by atoms with Crippen molar-refractivity contribution in [1.82, 2.24) is 0 Å². The van der Waals surface area contributed by atoms with Crippen LogP contribution in [0.25, 0.3) is 0 Å². The molecule has 3 heterocycles. The highest BCUT2D eigenvalue weighted by Crippen LogP contribution is 2.41. The second-order valence-corrected chi connectivity index (χ2v) is 11.6. The van der Waals surface area contributed by atoms with Gasteiger partial charge in [-0.1, -0.05) is 30.0 Å². The van der Waals surface area contributed by atoms with Gasteiger partial charge < -0.3 is 11.1 Å². The molecule has 0 aliphatic carbocycles. The first-order valence-electron chi connectivity index (χ1n) is 8.66. The number of aliphatic imine (C=N–C) groups is 1. The zero-order chi connectivity index (χ0) is 20.1. The molecule has 0 fully saturated rings. The van der Waals surface area contributed by atoms with Gasteiger partial charge in [0.15, 0.2) is 0 Å². The Morgan fingerprint density at radius 2 is 2.14 bits per heavy atom. The van der Waals surface area contributed by atoms with Gasteiger partial charge in [0, 0.05) is 13.5 Å². The Balaban J connectivity index is 1.61. The minimum atomic E-state index is -3.62. The van der Waals surface area contributed by atoms with E-state index in [4.69, 9.17) is 5.73 Å². The molecule has 28 heavy (non-hydrogen) atoms. The number of hydrogen-bond donors (Lipinski definition) is 2. The Kier molecular flexibility index (Phi) is 4.67. The van der Waals surface area contributed by atoms with Crippen LogP contribution < -0.4 is 15.4 Å². The fraction of sp³-hybridized carbons (Fsp3) is 0.333. The van der Waals surface area contributed by atoms with Gasteiger partial charge in [0.1, 0.15) is 8.96 Å². The van der Waals surface area contributed by atoms with Crippen molar-refractivity contribution >= 4 is 55.4 Å². The fourth-order valence-corrected chi connectivity index (χ4v) is 6.76. The summed E-state index contributed by atoms with van der Waals surface area (Å²) in [7, 11) is -2.06. The molecule has 2 aliphatic rings. The summed E-state index contributed by atoms with van der Waals surface area (Å²) in [6.45, 7) is 2.15. The zero-order valence-corrected chi connectivity index (χ0v) is 17.8. The zero-order valence-electron chi connectivity index (χ0n) is 15.4. The number of thiophene rings is 1. The summed E-state index contributed by atoms with van der Waals surface area (Å²) in [5, 5.41) is 5.99. The molecule has 1 aromatic carbocycles. The van der Waals surface area contributed by atoms with Crippen molar-refractivity contribution in [2.75, 3.05) is 23.2 Å². The SMILES string of the molecule is CN(c1cccc2c1NC(C1=NCC(C)(C(N)=O)S1)C2)S(=O)(=O)c1cccs1. The number of thioether (sulfide) groups is 1. The molecule has 0 spiro atoms. The Hall–Kier alpha value is -2.04. The molecule has 2 aromatic rings. The summed E-state index contributed by atoms with van der Waals surface area (Å²) in [6, 6.07) is 8.85. The van der Waals surface area contributed by atoms with Gasteiger partial charge in [0.05, 0.1) is 29.0 Å². The van der Waals surface area contributed by atoms with Gasteiger partial charge in [-0.05, 0) is 30.0 Å². The third-order valence-corrected chi connectivity index (χ3v) is 9.55. The van der Waals surface area contributed by atoms with Crippen LogP contribution in [0.5, 0.6) is 0 Å². The maximum Gasteiger partial charge on any atom is 0.273 e. The molecule has 1 aromatic heterocycles. The summed E-state index contributed by atoms with van der Waals surface area (Å²) >= 11 is 2.58. The van der Waals surface area contributed by atoms with Crippen LogP contribution in [0.4, 0.5) is 11.4 Å². The average molecular weight is 437 g/mol. The Labute approximate surface area is 172 Å². The number of sulfonamides is 1. The number of nitrogens with two attached hydrogens (primary N) is 1. The number of primary amides is 1. The van der Waals surface area contributed by atoms with Crippen molar-refractivity contribution < 1.29 is 13.2 Å². The Morgan fingerprint density at radius 3 is 2.79 bits per heavy atom. The largest absolute Gasteiger partial charge is 0.374 e. The van der Waals surface area contributed by atoms with Crippen molar-refractivity contribution in [1.29, 1.82) is 0 Å². The van der Waals surface area contributed by atoms with Crippen molar-refractivity contribution in [2.24, 2.45) is 10.7 Å². The lowest BCUT2D eigenvalue weighted by molar-refractivity contribution is -0.119. The third-order valence-electron chi connectivity index (χ3n) is 5.01. The van der Waals surface area contributed by atoms with Crippen LogP contribution in [0, 0.1) is 0 Å². The van der Waals surface area contributed by atoms with Crippen LogP contribution >= 0.6 is 23.1 Å². The highest BCUT2D eigenvalue weighted by atomic mass is 32.2. The minimum absolute atomic E-state index is 0.0971. The molecule has 4 rings (SSSR count). The Morgan fingerprint density at radius 1 is 1.36 bits per heavy atom. The van der Waals surface area contributed by atoms with Crippen LogP contribution in [0.2, 0.25) is 0 Å². The first kappa shape index (κ1) is 19.3. The first-order valence-corrected chi connectivity index (χ1v) is 11.8. The standard InChI is InChI=1S/C18H20N4O3S3/c1-18(17(19)23)10-20-16(27-18)12-9-11-5-3-6-13(15(11)21-12)22(2)28(24,25)14-7-4-8-26-14/h3-8,12,21H,9-10H2,1-2H3,(H2,19,23). The smallest absolute Gasteiger partial charge is 0.273 e. The highest BCUT2D eigenvalue weighted by molar-refractivity contribution is 8.16. The number of nitrogens with one attached hydrogen (secondary N) is 1. The van der Waals surface area contributed by atoms with E-state index >= 15 is 0 Å². The molecule has 10 heteroatoms. The maximum absolute atomic E-state index is 12.9. The van der Waals surface area contributed by atoms with Gasteiger partial charge >= 0.3 is 0 Å². The topological polar surface area (TPSA) is 105 Å². The molecule has 7 nitrogen and oxygen atoms in total. The Bertz CT molecular complexity index is 1070. The summed E-state index contributed by atoms with van der Waals surface area (Å²) < 4.78 is 26.7. The molecular formula is C18H20N4O3S3. The summed E-state index contributed by atoms with van der Waals surface area (Å²) in [6.07, 6.45) is 0.677. The monoisotopic (exact) mass is 436 g/mol. The second-order valence-electron chi connectivity index (χ2n) is 6.97. The lowest BCUT2D eigenvalue weighted by Gasteiger charge is -2.22. The fourth-order valence-electron chi connectivity index (χ4n) is 3.29. The third kappa shape index (κ3) is 3.09. The van der Waals surface area contributed by atoms with Gasteiger partial charge in [0.25, 0.3) is 10.0 Å². The second kappa shape index (κ2) is 6.78. The van der Waals surface area contributed by atoms with Crippen LogP contribution in [0.3, 0.4) is 0 Å². The lowest BCUT2D eigenvalue weighted by atomic mass is 10.1. The first-order chi connectivity index (χ1) is 13.2. The quantitative estimate of drug-likeness (QED) is 0.748. The van der Waals surface area contributed by atoms with Gasteiger partial charge in [-0.2, -0.15) is 0 Å². The number of benzene rings is 1. The molecule has 1 amide bonds. The van der Waals surface area contributed by atoms with Gasteiger partial charge in [0.2, 0.25) is 5.91 Å². The summed E-state index contributed by atoms with van der Waals surface area (Å²) in [5.74, 6) is -0.380. The number of para-hydroxylation sites is 1. The van der Waals surface area contributed by atoms with Crippen molar-refractivity contribution in [2.45, 2.75) is 28.3 Å². The van der Waals surface area contributed by atoms with E-state index in [1.165, 1.54) is 27.4 Å². The number of fused-ring (bicyclic) bond motifs is 1. The van der Waals surface area contributed by atoms with Crippen LogP contribution in [0.1, 0.15) is 12.5 Å². The molecule has 0 radical (unpaired) electrons. The molecule has 0 saturated heterocycles. The number of rotatable bonds is 5. The summed E-state index contributed by atoms with van der Waals surface area (Å²) in [5.41, 5.74) is 7.91. The predicted octanol–water partition coefficient (Wildman–Crippen LogP) is 2.30. The van der Waals surface area contributed by atoms with E-state index in [1.807, 2.05) is 12.1 Å². The van der Waals surface area contributed by atoms with E-state index in [0.29, 0.717) is 22.9 Å². The summed E-state index contributed by atoms with van der Waals surface area (Å²) in [4.78, 5) is 16.2. The van der Waals surface area contributed by atoms with E-state index in [0.717, 1.165) is 16.3 Å². The number of nitrogens with zero attached hydrogens (tertiary/aromatic N) is 2. The molecule has 2 unspecified atom stereocenters. The molecule has 148 valence electrons. The number of carbonyl (C=O) groups excluding carboxylic acids is 1. The van der Waals surface area contributed by atoms with Crippen LogP contribution in [0.15, 0.2) is 44.9 Å². The normalized spacial score (nSPS) is 23.8. The van der Waals surface area contributed by atoms with E-state index < -0.39 is 14.8 Å². The average Bonchev–Trinajstić information content (AvgIpc) is 3.39. The lowest BCUT2D eigenvalue weighted by Crippen LogP contribution is -2.39. The molecule has 2 aliphatic heterocycles. The highest BCUT2D eigenvalue weighted by Gasteiger charge is 2.42. The van der Waals surface area contributed by atoms with E-state index in [1.54, 1.807) is 37.6 Å². The maximum atomic E-state index is 12.9. The molecule has 3 N–H and O–H groups in total. The van der Waals surface area contributed by atoms with Crippen molar-refractivity contribution in [3.63, 3.8) is 0 Å². The van der Waals surface area contributed by atoms with Gasteiger partial charge in [-0.15, -0.1) is 11.3 Å². The minimum Gasteiger partial charge on any atom is -0.374 e. The number of hydrogen-bond acceptors (Lipinski definition) is 7.